The number of aryl methyl sites for hydroxylation is 1. The predicted octanol–water partition coefficient (Wildman–Crippen LogP) is 3.33. The number of ether oxygens (including phenoxy) is 1. The van der Waals surface area contributed by atoms with Gasteiger partial charge in [0.1, 0.15) is 0 Å². The van der Waals surface area contributed by atoms with E-state index in [1.54, 1.807) is 7.11 Å². The van der Waals surface area contributed by atoms with E-state index in [9.17, 15) is 0 Å². The van der Waals surface area contributed by atoms with Gasteiger partial charge in [0.25, 0.3) is 0 Å². The number of aromatic nitrogens is 1. The lowest BCUT2D eigenvalue weighted by atomic mass is 9.94. The Morgan fingerprint density at radius 3 is 2.78 bits per heavy atom. The van der Waals surface area contributed by atoms with Crippen LogP contribution in [-0.4, -0.2) is 29.6 Å². The number of hydrogen-bond acceptors (Lipinski definition) is 3. The lowest BCUT2D eigenvalue weighted by Gasteiger charge is -2.38. The van der Waals surface area contributed by atoms with Gasteiger partial charge in [-0.1, -0.05) is 6.42 Å². The Bertz CT molecular complexity index is 403. The molecule has 0 aliphatic carbocycles. The van der Waals surface area contributed by atoms with Crippen LogP contribution in [-0.2, 0) is 0 Å². The summed E-state index contributed by atoms with van der Waals surface area (Å²) in [5.74, 6) is 0.741. The molecule has 2 rings (SSSR count). The number of hydrogen-bond donors (Lipinski definition) is 0. The standard InChI is InChI=1S/C15H24N2O/c1-11(2)17-8-6-5-7-14(17)13-9-12(3)15(18-4)16-10-13/h9-11,14H,5-8H2,1-4H3/t14-/m0/s1. The quantitative estimate of drug-likeness (QED) is 0.820. The van der Waals surface area contributed by atoms with Crippen LogP contribution >= 0.6 is 0 Å². The largest absolute Gasteiger partial charge is 0.481 e. The summed E-state index contributed by atoms with van der Waals surface area (Å²) in [4.78, 5) is 7.01. The molecule has 100 valence electrons. The van der Waals surface area contributed by atoms with Crippen molar-refractivity contribution in [3.8, 4) is 5.88 Å². The first-order chi connectivity index (χ1) is 8.63. The Morgan fingerprint density at radius 1 is 1.39 bits per heavy atom. The van der Waals surface area contributed by atoms with Crippen molar-refractivity contribution in [3.63, 3.8) is 0 Å². The van der Waals surface area contributed by atoms with Crippen LogP contribution in [0.3, 0.4) is 0 Å². The Balaban J connectivity index is 2.25. The Morgan fingerprint density at radius 2 is 2.17 bits per heavy atom. The van der Waals surface area contributed by atoms with E-state index in [4.69, 9.17) is 4.74 Å². The molecule has 1 aromatic heterocycles. The summed E-state index contributed by atoms with van der Waals surface area (Å²) in [6.45, 7) is 7.83. The van der Waals surface area contributed by atoms with Crippen molar-refractivity contribution in [1.29, 1.82) is 0 Å². The van der Waals surface area contributed by atoms with Crippen LogP contribution in [0, 0.1) is 6.92 Å². The van der Waals surface area contributed by atoms with Crippen molar-refractivity contribution in [2.45, 2.75) is 52.1 Å². The average molecular weight is 248 g/mol. The zero-order valence-electron chi connectivity index (χ0n) is 11.9. The van der Waals surface area contributed by atoms with Crippen molar-refractivity contribution >= 4 is 0 Å². The summed E-state index contributed by atoms with van der Waals surface area (Å²) < 4.78 is 5.24. The molecule has 0 N–H and O–H groups in total. The van der Waals surface area contributed by atoms with E-state index in [-0.39, 0.29) is 0 Å². The van der Waals surface area contributed by atoms with Gasteiger partial charge < -0.3 is 4.74 Å². The molecule has 0 bridgehead atoms. The number of likely N-dealkylation sites (tertiary alicyclic amines) is 1. The molecular formula is C15H24N2O. The second-order valence-corrected chi connectivity index (χ2v) is 5.44. The first kappa shape index (κ1) is 13.3. The zero-order valence-corrected chi connectivity index (χ0v) is 11.9. The van der Waals surface area contributed by atoms with Crippen LogP contribution in [0.1, 0.15) is 50.3 Å². The maximum Gasteiger partial charge on any atom is 0.215 e. The highest BCUT2D eigenvalue weighted by Crippen LogP contribution is 2.33. The minimum Gasteiger partial charge on any atom is -0.481 e. The molecule has 0 unspecified atom stereocenters. The molecule has 18 heavy (non-hydrogen) atoms. The fourth-order valence-electron chi connectivity index (χ4n) is 2.91. The molecule has 0 saturated carbocycles. The van der Waals surface area contributed by atoms with E-state index in [0.29, 0.717) is 12.1 Å². The summed E-state index contributed by atoms with van der Waals surface area (Å²) >= 11 is 0. The lowest BCUT2D eigenvalue weighted by molar-refractivity contribution is 0.111. The van der Waals surface area contributed by atoms with Gasteiger partial charge in [-0.3, -0.25) is 4.90 Å². The van der Waals surface area contributed by atoms with E-state index in [2.05, 4.69) is 36.7 Å². The lowest BCUT2D eigenvalue weighted by Crippen LogP contribution is -2.38. The summed E-state index contributed by atoms with van der Waals surface area (Å²) in [5.41, 5.74) is 2.46. The minimum atomic E-state index is 0.524. The van der Waals surface area contributed by atoms with Crippen molar-refractivity contribution in [1.82, 2.24) is 9.88 Å². The Kier molecular flexibility index (Phi) is 4.23. The summed E-state index contributed by atoms with van der Waals surface area (Å²) in [7, 11) is 1.68. The maximum absolute atomic E-state index is 5.24. The number of rotatable bonds is 3. The molecule has 1 aliphatic rings. The third-order valence-corrected chi connectivity index (χ3v) is 3.84. The first-order valence-electron chi connectivity index (χ1n) is 6.89. The van der Waals surface area contributed by atoms with Crippen LogP contribution in [0.15, 0.2) is 12.3 Å². The summed E-state index contributed by atoms with van der Waals surface area (Å²) in [6, 6.07) is 3.35. The van der Waals surface area contributed by atoms with Crippen LogP contribution in [0.25, 0.3) is 0 Å². The molecule has 3 nitrogen and oxygen atoms in total. The molecule has 0 radical (unpaired) electrons. The van der Waals surface area contributed by atoms with Crippen molar-refractivity contribution < 1.29 is 4.74 Å². The molecule has 1 aliphatic heterocycles. The monoisotopic (exact) mass is 248 g/mol. The normalized spacial score (nSPS) is 21.3. The summed E-state index contributed by atoms with van der Waals surface area (Å²) in [5, 5.41) is 0. The number of methoxy groups -OCH3 is 1. The van der Waals surface area contributed by atoms with Gasteiger partial charge in [-0.2, -0.15) is 0 Å². The molecule has 1 fully saturated rings. The highest BCUT2D eigenvalue weighted by atomic mass is 16.5. The molecule has 1 atom stereocenters. The van der Waals surface area contributed by atoms with Gasteiger partial charge in [0.05, 0.1) is 7.11 Å². The van der Waals surface area contributed by atoms with Gasteiger partial charge in [0.2, 0.25) is 5.88 Å². The first-order valence-corrected chi connectivity index (χ1v) is 6.89. The van der Waals surface area contributed by atoms with E-state index >= 15 is 0 Å². The number of piperidine rings is 1. The van der Waals surface area contributed by atoms with Gasteiger partial charge >= 0.3 is 0 Å². The van der Waals surface area contributed by atoms with Crippen LogP contribution in [0.4, 0.5) is 0 Å². The van der Waals surface area contributed by atoms with E-state index < -0.39 is 0 Å². The van der Waals surface area contributed by atoms with Gasteiger partial charge in [-0.15, -0.1) is 0 Å². The minimum absolute atomic E-state index is 0.524. The molecular weight excluding hydrogens is 224 g/mol. The topological polar surface area (TPSA) is 25.4 Å². The van der Waals surface area contributed by atoms with Crippen LogP contribution in [0.5, 0.6) is 5.88 Å². The molecule has 1 saturated heterocycles. The predicted molar refractivity (Wildman–Crippen MR) is 74.0 cm³/mol. The van der Waals surface area contributed by atoms with Crippen molar-refractivity contribution in [2.24, 2.45) is 0 Å². The smallest absolute Gasteiger partial charge is 0.215 e. The molecule has 3 heteroatoms. The Labute approximate surface area is 110 Å². The van der Waals surface area contributed by atoms with Gasteiger partial charge in [-0.05, 0) is 51.8 Å². The summed E-state index contributed by atoms with van der Waals surface area (Å²) in [6.07, 6.45) is 5.86. The second kappa shape index (κ2) is 5.70. The SMILES string of the molecule is COc1ncc([C@@H]2CCCCN2C(C)C)cc1C. The molecule has 0 aromatic carbocycles. The van der Waals surface area contributed by atoms with Crippen molar-refractivity contribution in [3.05, 3.63) is 23.4 Å². The third-order valence-electron chi connectivity index (χ3n) is 3.84. The molecule has 0 amide bonds. The van der Waals surface area contributed by atoms with E-state index in [0.717, 1.165) is 11.4 Å². The highest BCUT2D eigenvalue weighted by Gasteiger charge is 2.26. The van der Waals surface area contributed by atoms with E-state index in [1.165, 1.54) is 31.4 Å². The maximum atomic E-state index is 5.24. The fraction of sp³-hybridized carbons (Fsp3) is 0.667. The van der Waals surface area contributed by atoms with E-state index in [1.807, 2.05) is 6.20 Å². The second-order valence-electron chi connectivity index (χ2n) is 5.44. The van der Waals surface area contributed by atoms with Crippen LogP contribution < -0.4 is 4.74 Å². The average Bonchev–Trinajstić information content (AvgIpc) is 2.38. The van der Waals surface area contributed by atoms with Gasteiger partial charge in [0.15, 0.2) is 0 Å². The van der Waals surface area contributed by atoms with Crippen LogP contribution in [0.2, 0.25) is 0 Å². The molecule has 2 heterocycles. The van der Waals surface area contributed by atoms with Gasteiger partial charge in [-0.25, -0.2) is 4.98 Å². The van der Waals surface area contributed by atoms with Crippen molar-refractivity contribution in [2.75, 3.05) is 13.7 Å². The number of nitrogens with zero attached hydrogens (tertiary/aromatic N) is 2. The molecule has 1 aromatic rings. The zero-order chi connectivity index (χ0) is 13.1. The fourth-order valence-corrected chi connectivity index (χ4v) is 2.91. The molecule has 0 spiro atoms. The highest BCUT2D eigenvalue weighted by molar-refractivity contribution is 5.30. The third kappa shape index (κ3) is 2.66. The number of pyridine rings is 1. The Hall–Kier alpha value is -1.09. The van der Waals surface area contributed by atoms with Gasteiger partial charge in [0, 0.05) is 23.8 Å².